The molecule has 1 aliphatic rings. The maximum Gasteiger partial charge on any atom is 0.279 e. The van der Waals surface area contributed by atoms with E-state index in [4.69, 9.17) is 14.2 Å². The molecule has 2 aromatic carbocycles. The van der Waals surface area contributed by atoms with Crippen molar-refractivity contribution in [2.75, 3.05) is 6.79 Å². The summed E-state index contributed by atoms with van der Waals surface area (Å²) in [5.74, 6) is -0.788. The number of ether oxygens (including phenoxy) is 3. The fourth-order valence-electron chi connectivity index (χ4n) is 2.11. The van der Waals surface area contributed by atoms with Crippen LogP contribution in [0.2, 0.25) is 0 Å². The molecule has 0 bridgehead atoms. The van der Waals surface area contributed by atoms with Crippen molar-refractivity contribution in [3.05, 3.63) is 53.8 Å². The summed E-state index contributed by atoms with van der Waals surface area (Å²) in [6, 6.07) is 10.4. The lowest BCUT2D eigenvalue weighted by molar-refractivity contribution is -0.128. The molecule has 0 fully saturated rings. The average Bonchev–Trinajstić information content (AvgIpc) is 3.08. The number of hydrogen-bond acceptors (Lipinski definition) is 5. The van der Waals surface area contributed by atoms with Crippen molar-refractivity contribution in [3.8, 4) is 17.2 Å². The topological polar surface area (TPSA) is 85.9 Å². The fourth-order valence-corrected chi connectivity index (χ4v) is 2.11. The van der Waals surface area contributed by atoms with Gasteiger partial charge in [0.25, 0.3) is 11.8 Å². The van der Waals surface area contributed by atoms with E-state index in [9.17, 15) is 14.0 Å². The lowest BCUT2D eigenvalue weighted by Gasteiger charge is -2.15. The first-order valence-corrected chi connectivity index (χ1v) is 7.45. The SMILES string of the molecule is C[C@@H](Oc1ccccc1F)C(=O)NNC(=O)c1ccc2c(c1)OCO2. The van der Waals surface area contributed by atoms with Gasteiger partial charge in [0.2, 0.25) is 6.79 Å². The normalized spacial score (nSPS) is 13.0. The Morgan fingerprint density at radius 1 is 1.12 bits per heavy atom. The van der Waals surface area contributed by atoms with E-state index >= 15 is 0 Å². The second kappa shape index (κ2) is 7.08. The van der Waals surface area contributed by atoms with Gasteiger partial charge in [0.1, 0.15) is 0 Å². The number of hydrazine groups is 1. The quantitative estimate of drug-likeness (QED) is 0.825. The molecule has 0 saturated carbocycles. The Bertz CT molecular complexity index is 811. The molecule has 130 valence electrons. The second-order valence-corrected chi connectivity index (χ2v) is 5.20. The van der Waals surface area contributed by atoms with Crippen LogP contribution in [-0.2, 0) is 4.79 Å². The first-order valence-electron chi connectivity index (χ1n) is 7.45. The van der Waals surface area contributed by atoms with Gasteiger partial charge in [0.15, 0.2) is 29.2 Å². The summed E-state index contributed by atoms with van der Waals surface area (Å²) in [5.41, 5.74) is 4.78. The second-order valence-electron chi connectivity index (χ2n) is 5.20. The summed E-state index contributed by atoms with van der Waals surface area (Å²) in [4.78, 5) is 24.0. The molecule has 0 aliphatic carbocycles. The molecule has 1 aliphatic heterocycles. The predicted octanol–water partition coefficient (Wildman–Crippen LogP) is 1.78. The molecule has 2 amide bonds. The van der Waals surface area contributed by atoms with E-state index in [0.717, 1.165) is 0 Å². The van der Waals surface area contributed by atoms with Crippen molar-refractivity contribution in [1.82, 2.24) is 10.9 Å². The average molecular weight is 346 g/mol. The number of benzene rings is 2. The van der Waals surface area contributed by atoms with Gasteiger partial charge in [-0.25, -0.2) is 4.39 Å². The van der Waals surface area contributed by atoms with Crippen LogP contribution in [0.1, 0.15) is 17.3 Å². The van der Waals surface area contributed by atoms with E-state index in [1.165, 1.54) is 37.3 Å². The number of hydrogen-bond donors (Lipinski definition) is 2. The maximum absolute atomic E-state index is 13.5. The number of carbonyl (C=O) groups excluding carboxylic acids is 2. The van der Waals surface area contributed by atoms with Gasteiger partial charge in [0, 0.05) is 5.56 Å². The number of para-hydroxylation sites is 1. The third-order valence-corrected chi connectivity index (χ3v) is 3.44. The van der Waals surface area contributed by atoms with E-state index in [2.05, 4.69) is 10.9 Å². The third kappa shape index (κ3) is 3.79. The van der Waals surface area contributed by atoms with Crippen molar-refractivity contribution in [2.24, 2.45) is 0 Å². The first kappa shape index (κ1) is 16.6. The highest BCUT2D eigenvalue weighted by Crippen LogP contribution is 2.32. The van der Waals surface area contributed by atoms with Crippen molar-refractivity contribution in [3.63, 3.8) is 0 Å². The lowest BCUT2D eigenvalue weighted by Crippen LogP contribution is -2.47. The van der Waals surface area contributed by atoms with Crippen LogP contribution < -0.4 is 25.1 Å². The molecule has 0 saturated heterocycles. The zero-order valence-electron chi connectivity index (χ0n) is 13.2. The number of fused-ring (bicyclic) bond motifs is 1. The van der Waals surface area contributed by atoms with Gasteiger partial charge >= 0.3 is 0 Å². The Morgan fingerprint density at radius 2 is 1.88 bits per heavy atom. The molecule has 8 heteroatoms. The number of amides is 2. The number of nitrogens with one attached hydrogen (secondary N) is 2. The van der Waals surface area contributed by atoms with Crippen LogP contribution in [0, 0.1) is 5.82 Å². The highest BCUT2D eigenvalue weighted by molar-refractivity contribution is 5.96. The molecular weight excluding hydrogens is 331 g/mol. The summed E-state index contributed by atoms with van der Waals surface area (Å²) in [5, 5.41) is 0. The summed E-state index contributed by atoms with van der Waals surface area (Å²) in [6.45, 7) is 1.54. The Hall–Kier alpha value is -3.29. The van der Waals surface area contributed by atoms with Crippen LogP contribution in [0.4, 0.5) is 4.39 Å². The number of carbonyl (C=O) groups is 2. The molecule has 0 unspecified atom stereocenters. The molecule has 7 nitrogen and oxygen atoms in total. The molecule has 25 heavy (non-hydrogen) atoms. The van der Waals surface area contributed by atoms with Crippen LogP contribution in [0.25, 0.3) is 0 Å². The molecule has 2 N–H and O–H groups in total. The van der Waals surface area contributed by atoms with Crippen LogP contribution in [0.3, 0.4) is 0 Å². The Labute approximate surface area is 142 Å². The minimum absolute atomic E-state index is 0.0488. The van der Waals surface area contributed by atoms with E-state index in [0.29, 0.717) is 11.5 Å². The summed E-state index contributed by atoms with van der Waals surface area (Å²) in [6.07, 6.45) is -1.01. The summed E-state index contributed by atoms with van der Waals surface area (Å²) < 4.78 is 29.1. The van der Waals surface area contributed by atoms with Gasteiger partial charge in [-0.3, -0.25) is 20.4 Å². The van der Waals surface area contributed by atoms with Crippen molar-refractivity contribution in [2.45, 2.75) is 13.0 Å². The number of halogens is 1. The van der Waals surface area contributed by atoms with Gasteiger partial charge in [-0.15, -0.1) is 0 Å². The molecule has 3 rings (SSSR count). The van der Waals surface area contributed by atoms with Crippen molar-refractivity contribution < 1.29 is 28.2 Å². The van der Waals surface area contributed by atoms with Crippen molar-refractivity contribution in [1.29, 1.82) is 0 Å². The summed E-state index contributed by atoms with van der Waals surface area (Å²) in [7, 11) is 0. The minimum Gasteiger partial charge on any atom is -0.478 e. The molecule has 0 radical (unpaired) electrons. The van der Waals surface area contributed by atoms with Gasteiger partial charge in [0.05, 0.1) is 0 Å². The van der Waals surface area contributed by atoms with E-state index in [-0.39, 0.29) is 18.1 Å². The monoisotopic (exact) mass is 346 g/mol. The van der Waals surface area contributed by atoms with Crippen LogP contribution in [0.5, 0.6) is 17.2 Å². The van der Waals surface area contributed by atoms with Crippen LogP contribution >= 0.6 is 0 Å². The van der Waals surface area contributed by atoms with Crippen LogP contribution in [-0.4, -0.2) is 24.7 Å². The smallest absolute Gasteiger partial charge is 0.279 e. The highest BCUT2D eigenvalue weighted by Gasteiger charge is 2.19. The van der Waals surface area contributed by atoms with Gasteiger partial charge in [-0.2, -0.15) is 0 Å². The van der Waals surface area contributed by atoms with Crippen LogP contribution in [0.15, 0.2) is 42.5 Å². The molecule has 0 spiro atoms. The molecular formula is C17H15FN2O5. The maximum atomic E-state index is 13.5. The number of rotatable bonds is 4. The highest BCUT2D eigenvalue weighted by atomic mass is 19.1. The Morgan fingerprint density at radius 3 is 2.68 bits per heavy atom. The predicted molar refractivity (Wildman–Crippen MR) is 84.7 cm³/mol. The zero-order chi connectivity index (χ0) is 17.8. The summed E-state index contributed by atoms with van der Waals surface area (Å²) >= 11 is 0. The first-order chi connectivity index (χ1) is 12.0. The third-order valence-electron chi connectivity index (χ3n) is 3.44. The van der Waals surface area contributed by atoms with Gasteiger partial charge < -0.3 is 14.2 Å². The van der Waals surface area contributed by atoms with E-state index in [1.54, 1.807) is 12.1 Å². The molecule has 1 heterocycles. The largest absolute Gasteiger partial charge is 0.478 e. The minimum atomic E-state index is -1.01. The fraction of sp³-hybridized carbons (Fsp3) is 0.176. The Balaban J connectivity index is 1.54. The van der Waals surface area contributed by atoms with Gasteiger partial charge in [-0.1, -0.05) is 12.1 Å². The van der Waals surface area contributed by atoms with Crippen molar-refractivity contribution >= 4 is 11.8 Å². The standard InChI is InChI=1S/C17H15FN2O5/c1-10(25-13-5-3-2-4-12(13)18)16(21)19-20-17(22)11-6-7-14-15(8-11)24-9-23-14/h2-8,10H,9H2,1H3,(H,19,21)(H,20,22)/t10-/m1/s1. The lowest BCUT2D eigenvalue weighted by atomic mass is 10.2. The van der Waals surface area contributed by atoms with Gasteiger partial charge in [-0.05, 0) is 37.3 Å². The molecule has 2 aromatic rings. The Kier molecular flexibility index (Phi) is 4.69. The van der Waals surface area contributed by atoms with E-state index < -0.39 is 23.7 Å². The molecule has 0 aromatic heterocycles. The van der Waals surface area contributed by atoms with E-state index in [1.807, 2.05) is 0 Å². The molecule has 1 atom stereocenters. The zero-order valence-corrected chi connectivity index (χ0v) is 13.2.